The van der Waals surface area contributed by atoms with E-state index in [2.05, 4.69) is 34.3 Å². The Bertz CT molecular complexity index is 359. The van der Waals surface area contributed by atoms with Gasteiger partial charge >= 0.3 is 5.97 Å². The molecule has 1 unspecified atom stereocenters. The van der Waals surface area contributed by atoms with Gasteiger partial charge in [-0.15, -0.1) is 0 Å². The highest BCUT2D eigenvalue weighted by Crippen LogP contribution is 2.18. The van der Waals surface area contributed by atoms with Crippen LogP contribution in [0.5, 0.6) is 0 Å². The first-order valence-corrected chi connectivity index (χ1v) is 11.9. The highest BCUT2D eigenvalue weighted by Gasteiger charge is 2.13. The summed E-state index contributed by atoms with van der Waals surface area (Å²) in [5.41, 5.74) is 0.663. The molecule has 0 aliphatic carbocycles. The van der Waals surface area contributed by atoms with Gasteiger partial charge in [0.1, 0.15) is 0 Å². The molecular weight excluding hydrogens is 332 g/mol. The zero-order valence-corrected chi connectivity index (χ0v) is 19.0. The fraction of sp³-hybridized carbons (Fsp3) is 0.880. The minimum Gasteiger partial charge on any atom is -0.462 e. The maximum absolute atomic E-state index is 12.2. The second kappa shape index (κ2) is 18.6. The lowest BCUT2D eigenvalue weighted by atomic mass is 9.97. The van der Waals surface area contributed by atoms with Crippen LogP contribution in [0.15, 0.2) is 12.2 Å². The Morgan fingerprint density at radius 3 is 1.96 bits per heavy atom. The Labute approximate surface area is 170 Å². The smallest absolute Gasteiger partial charge is 0.333 e. The monoisotopic (exact) mass is 380 g/mol. The van der Waals surface area contributed by atoms with Crippen LogP contribution in [0.2, 0.25) is 0 Å². The van der Waals surface area contributed by atoms with Crippen LogP contribution >= 0.6 is 0 Å². The Morgan fingerprint density at radius 1 is 0.778 bits per heavy atom. The molecular formula is C25H48O2. The summed E-state index contributed by atoms with van der Waals surface area (Å²) < 4.78 is 5.55. The van der Waals surface area contributed by atoms with Gasteiger partial charge < -0.3 is 4.74 Å². The number of unbranched alkanes of at least 4 members (excludes halogenated alkanes) is 8. The van der Waals surface area contributed by atoms with Gasteiger partial charge in [-0.3, -0.25) is 0 Å². The van der Waals surface area contributed by atoms with Gasteiger partial charge in [0, 0.05) is 5.57 Å². The molecule has 0 saturated carbocycles. The molecule has 0 fully saturated rings. The highest BCUT2D eigenvalue weighted by molar-refractivity contribution is 5.87. The van der Waals surface area contributed by atoms with Crippen molar-refractivity contribution in [1.82, 2.24) is 0 Å². The van der Waals surface area contributed by atoms with E-state index in [1.54, 1.807) is 0 Å². The van der Waals surface area contributed by atoms with Crippen LogP contribution in [0.3, 0.4) is 0 Å². The van der Waals surface area contributed by atoms with Crippen molar-refractivity contribution in [3.05, 3.63) is 12.2 Å². The van der Waals surface area contributed by atoms with E-state index in [0.29, 0.717) is 18.1 Å². The standard InChI is InChI=1S/C25H48O2/c1-6-8-14-20-24(17-7-2)21-27-25(26)23(5)19-16-13-11-9-10-12-15-18-22(3)4/h22,24H,5-21H2,1-4H3. The lowest BCUT2D eigenvalue weighted by Crippen LogP contribution is -2.15. The number of esters is 1. The Hall–Kier alpha value is -0.790. The molecule has 0 aromatic carbocycles. The summed E-state index contributed by atoms with van der Waals surface area (Å²) in [6, 6.07) is 0. The van der Waals surface area contributed by atoms with Crippen LogP contribution in [-0.2, 0) is 9.53 Å². The molecule has 0 aromatic rings. The number of hydrogen-bond donors (Lipinski definition) is 0. The summed E-state index contributed by atoms with van der Waals surface area (Å²) in [5.74, 6) is 1.19. The number of carbonyl (C=O) groups excluding carboxylic acids is 1. The van der Waals surface area contributed by atoms with Crippen molar-refractivity contribution in [2.75, 3.05) is 6.61 Å². The molecule has 0 radical (unpaired) electrons. The molecule has 0 aliphatic rings. The Balaban J connectivity index is 3.71. The van der Waals surface area contributed by atoms with Crippen molar-refractivity contribution in [2.45, 2.75) is 124 Å². The fourth-order valence-electron chi connectivity index (χ4n) is 3.57. The molecule has 2 nitrogen and oxygen atoms in total. The van der Waals surface area contributed by atoms with Crippen LogP contribution in [0.1, 0.15) is 124 Å². The lowest BCUT2D eigenvalue weighted by Gasteiger charge is -2.16. The first kappa shape index (κ1) is 26.2. The molecule has 0 rings (SSSR count). The fourth-order valence-corrected chi connectivity index (χ4v) is 3.57. The second-order valence-electron chi connectivity index (χ2n) is 8.76. The average molecular weight is 381 g/mol. The molecule has 160 valence electrons. The van der Waals surface area contributed by atoms with E-state index >= 15 is 0 Å². The molecule has 0 heterocycles. The molecule has 2 heteroatoms. The first-order valence-electron chi connectivity index (χ1n) is 11.9. The zero-order chi connectivity index (χ0) is 20.3. The van der Waals surface area contributed by atoms with Gasteiger partial charge in [-0.25, -0.2) is 4.79 Å². The van der Waals surface area contributed by atoms with Gasteiger partial charge in [0.25, 0.3) is 0 Å². The summed E-state index contributed by atoms with van der Waals surface area (Å²) in [6.07, 6.45) is 18.4. The maximum Gasteiger partial charge on any atom is 0.333 e. The summed E-state index contributed by atoms with van der Waals surface area (Å²) in [6.45, 7) is 13.6. The highest BCUT2D eigenvalue weighted by atomic mass is 16.5. The molecule has 0 aliphatic heterocycles. The number of carbonyl (C=O) groups is 1. The van der Waals surface area contributed by atoms with Gasteiger partial charge in [-0.05, 0) is 37.5 Å². The average Bonchev–Trinajstić information content (AvgIpc) is 2.64. The van der Waals surface area contributed by atoms with E-state index in [1.807, 2.05) is 0 Å². The summed E-state index contributed by atoms with van der Waals surface area (Å²) in [4.78, 5) is 12.2. The molecule has 1 atom stereocenters. The predicted octanol–water partition coefficient (Wildman–Crippen LogP) is 8.25. The molecule has 0 bridgehead atoms. The van der Waals surface area contributed by atoms with Crippen LogP contribution in [0.4, 0.5) is 0 Å². The first-order chi connectivity index (χ1) is 13.0. The molecule has 0 amide bonds. The van der Waals surface area contributed by atoms with E-state index in [1.165, 1.54) is 70.6 Å². The van der Waals surface area contributed by atoms with Crippen molar-refractivity contribution >= 4 is 5.97 Å². The predicted molar refractivity (Wildman–Crippen MR) is 119 cm³/mol. The number of rotatable bonds is 19. The number of ether oxygens (including phenoxy) is 1. The van der Waals surface area contributed by atoms with E-state index in [4.69, 9.17) is 4.74 Å². The van der Waals surface area contributed by atoms with Gasteiger partial charge in [0.05, 0.1) is 6.61 Å². The summed E-state index contributed by atoms with van der Waals surface area (Å²) >= 11 is 0. The number of hydrogen-bond acceptors (Lipinski definition) is 2. The largest absolute Gasteiger partial charge is 0.462 e. The van der Waals surface area contributed by atoms with Crippen molar-refractivity contribution in [3.8, 4) is 0 Å². The van der Waals surface area contributed by atoms with Crippen LogP contribution in [-0.4, -0.2) is 12.6 Å². The second-order valence-corrected chi connectivity index (χ2v) is 8.76. The molecule has 0 aromatic heterocycles. The van der Waals surface area contributed by atoms with Crippen LogP contribution in [0, 0.1) is 11.8 Å². The SMILES string of the molecule is C=C(CCCCCCCCCC(C)C)C(=O)OCC(CCC)CCCCC. The third-order valence-corrected chi connectivity index (χ3v) is 5.41. The summed E-state index contributed by atoms with van der Waals surface area (Å²) in [5, 5.41) is 0. The Kier molecular flexibility index (Phi) is 18.0. The van der Waals surface area contributed by atoms with Crippen LogP contribution in [0.25, 0.3) is 0 Å². The molecule has 0 spiro atoms. The third kappa shape index (κ3) is 17.1. The van der Waals surface area contributed by atoms with E-state index in [-0.39, 0.29) is 5.97 Å². The molecule has 0 N–H and O–H groups in total. The van der Waals surface area contributed by atoms with Crippen LogP contribution < -0.4 is 0 Å². The van der Waals surface area contributed by atoms with Crippen molar-refractivity contribution in [1.29, 1.82) is 0 Å². The van der Waals surface area contributed by atoms with Crippen molar-refractivity contribution < 1.29 is 9.53 Å². The van der Waals surface area contributed by atoms with Gasteiger partial charge in [-0.1, -0.05) is 105 Å². The van der Waals surface area contributed by atoms with Crippen molar-refractivity contribution in [2.24, 2.45) is 11.8 Å². The van der Waals surface area contributed by atoms with E-state index in [9.17, 15) is 4.79 Å². The minimum absolute atomic E-state index is 0.166. The Morgan fingerprint density at radius 2 is 1.37 bits per heavy atom. The molecule has 27 heavy (non-hydrogen) atoms. The zero-order valence-electron chi connectivity index (χ0n) is 19.0. The van der Waals surface area contributed by atoms with Gasteiger partial charge in [0.2, 0.25) is 0 Å². The quantitative estimate of drug-likeness (QED) is 0.128. The lowest BCUT2D eigenvalue weighted by molar-refractivity contribution is -0.140. The topological polar surface area (TPSA) is 26.3 Å². The minimum atomic E-state index is -0.166. The van der Waals surface area contributed by atoms with Gasteiger partial charge in [0.15, 0.2) is 0 Å². The molecule has 0 saturated heterocycles. The van der Waals surface area contributed by atoms with E-state index in [0.717, 1.165) is 31.6 Å². The summed E-state index contributed by atoms with van der Waals surface area (Å²) in [7, 11) is 0. The van der Waals surface area contributed by atoms with Gasteiger partial charge in [-0.2, -0.15) is 0 Å². The third-order valence-electron chi connectivity index (χ3n) is 5.41. The normalized spacial score (nSPS) is 12.3. The van der Waals surface area contributed by atoms with Crippen molar-refractivity contribution in [3.63, 3.8) is 0 Å². The van der Waals surface area contributed by atoms with E-state index < -0.39 is 0 Å². The maximum atomic E-state index is 12.2.